The molecule has 1 fully saturated rings. The zero-order chi connectivity index (χ0) is 24.0. The normalized spacial score (nSPS) is 21.7. The fourth-order valence-corrected chi connectivity index (χ4v) is 4.78. The molecule has 2 aliphatic rings. The van der Waals surface area contributed by atoms with E-state index in [0.717, 1.165) is 57.9 Å². The van der Waals surface area contributed by atoms with Gasteiger partial charge in [0.25, 0.3) is 6.20 Å². The molecule has 3 atom stereocenters. The number of hydrogen-bond donors (Lipinski definition) is 2. The van der Waals surface area contributed by atoms with E-state index in [1.54, 1.807) is 4.90 Å². The number of rotatable bonds is 10. The number of alkyl halides is 3. The first-order chi connectivity index (χ1) is 15.7. The number of ether oxygens (including phenoxy) is 2. The molecule has 1 amide bonds. The van der Waals surface area contributed by atoms with E-state index >= 15 is 0 Å². The highest BCUT2D eigenvalue weighted by atomic mass is 19.4. The summed E-state index contributed by atoms with van der Waals surface area (Å²) in [5.74, 6) is -0.582. The minimum absolute atomic E-state index is 0.0240. The molecule has 186 valence electrons. The third-order valence-electron chi connectivity index (χ3n) is 6.44. The Morgan fingerprint density at radius 2 is 2.12 bits per heavy atom. The molecule has 7 nitrogen and oxygen atoms in total. The summed E-state index contributed by atoms with van der Waals surface area (Å²) >= 11 is 0. The van der Waals surface area contributed by atoms with Crippen molar-refractivity contribution in [3.05, 3.63) is 23.5 Å². The van der Waals surface area contributed by atoms with E-state index in [1.165, 1.54) is 6.07 Å². The molecule has 3 rings (SSSR count). The Bertz CT molecular complexity index is 806. The number of carbonyl (C=O) groups is 1. The van der Waals surface area contributed by atoms with Gasteiger partial charge < -0.3 is 19.7 Å². The van der Waals surface area contributed by atoms with E-state index in [4.69, 9.17) is 4.74 Å². The Labute approximate surface area is 192 Å². The van der Waals surface area contributed by atoms with E-state index < -0.39 is 12.1 Å². The molecule has 10 heteroatoms. The Kier molecular flexibility index (Phi) is 8.81. The molecule has 1 aromatic rings. The molecule has 2 heterocycles. The molecule has 0 aromatic carbocycles. The number of hydrogen-bond acceptors (Lipinski definition) is 5. The quantitative estimate of drug-likeness (QED) is 0.309. The second-order valence-electron chi connectivity index (χ2n) is 8.93. The van der Waals surface area contributed by atoms with E-state index in [1.807, 2.05) is 0 Å². The number of aromatic nitrogens is 1. The first kappa shape index (κ1) is 25.6. The number of halogens is 3. The van der Waals surface area contributed by atoms with Crippen molar-refractivity contribution in [2.45, 2.75) is 83.8 Å². The molecule has 1 aromatic heterocycles. The van der Waals surface area contributed by atoms with E-state index in [0.29, 0.717) is 35.0 Å². The van der Waals surface area contributed by atoms with Crippen LogP contribution in [-0.4, -0.2) is 54.2 Å². The second kappa shape index (κ2) is 11.4. The van der Waals surface area contributed by atoms with Crippen LogP contribution in [0.15, 0.2) is 12.3 Å². The topological polar surface area (TPSA) is 74.9 Å². The first-order valence-corrected chi connectivity index (χ1v) is 11.8. The van der Waals surface area contributed by atoms with Crippen molar-refractivity contribution in [2.75, 3.05) is 19.8 Å². The fraction of sp³-hybridized carbons (Fsp3) is 0.739. The molecule has 1 aliphatic carbocycles. The third-order valence-corrected chi connectivity index (χ3v) is 6.44. The van der Waals surface area contributed by atoms with Crippen LogP contribution in [0, 0.1) is 5.92 Å². The maximum absolute atomic E-state index is 13.2. The van der Waals surface area contributed by atoms with E-state index in [9.17, 15) is 23.2 Å². The van der Waals surface area contributed by atoms with Crippen molar-refractivity contribution in [2.24, 2.45) is 5.92 Å². The summed E-state index contributed by atoms with van der Waals surface area (Å²) in [7, 11) is 0. The van der Waals surface area contributed by atoms with Crippen LogP contribution in [0.4, 0.5) is 13.2 Å². The minimum Gasteiger partial charge on any atom is -0.399 e. The predicted octanol–water partition coefficient (Wildman–Crippen LogP) is 3.35. The third kappa shape index (κ3) is 7.20. The SMILES string of the molecule is CCCOCCC(CC)NC1CCC(C(=O)N2CCc3c(cc(OC(F)(F)F)c[n+]3O)C2)C1. The minimum atomic E-state index is -4.85. The molecule has 2 N–H and O–H groups in total. The summed E-state index contributed by atoms with van der Waals surface area (Å²) in [5.41, 5.74) is 0.959. The van der Waals surface area contributed by atoms with Gasteiger partial charge in [-0.15, -0.1) is 13.2 Å². The van der Waals surface area contributed by atoms with E-state index in [-0.39, 0.29) is 24.4 Å². The van der Waals surface area contributed by atoms with Crippen LogP contribution in [0.5, 0.6) is 5.75 Å². The lowest BCUT2D eigenvalue weighted by molar-refractivity contribution is -0.910. The Morgan fingerprint density at radius 1 is 1.33 bits per heavy atom. The monoisotopic (exact) mass is 474 g/mol. The largest absolute Gasteiger partial charge is 0.573 e. The van der Waals surface area contributed by atoms with Crippen molar-refractivity contribution >= 4 is 5.91 Å². The lowest BCUT2D eigenvalue weighted by atomic mass is 10.0. The van der Waals surface area contributed by atoms with Crippen LogP contribution in [0.25, 0.3) is 0 Å². The number of nitrogens with one attached hydrogen (secondary N) is 1. The maximum atomic E-state index is 13.2. The molecule has 0 saturated heterocycles. The van der Waals surface area contributed by atoms with Crippen LogP contribution in [-0.2, 0) is 22.5 Å². The molecule has 1 aliphatic heterocycles. The zero-order valence-corrected chi connectivity index (χ0v) is 19.4. The van der Waals surface area contributed by atoms with Crippen LogP contribution in [0.2, 0.25) is 0 Å². The average molecular weight is 475 g/mol. The number of carbonyl (C=O) groups excluding carboxylic acids is 1. The lowest BCUT2D eigenvalue weighted by Crippen LogP contribution is -2.46. The standard InChI is InChI=1S/C23H35F3N3O4/c1-3-10-32-11-8-18(4-2)27-19-6-5-16(12-19)22(30)28-9-7-21-17(14-28)13-20(15-29(21)31)33-23(24,25)26/h13,15-16,18-19,27,31H,3-12,14H2,1-2H3/q+1. The van der Waals surface area contributed by atoms with E-state index in [2.05, 4.69) is 23.9 Å². The summed E-state index contributed by atoms with van der Waals surface area (Å²) in [6.07, 6.45) is 1.83. The molecular weight excluding hydrogens is 439 g/mol. The Hall–Kier alpha value is -2.07. The molecular formula is C23H35F3N3O4+. The van der Waals surface area contributed by atoms with Crippen molar-refractivity contribution in [1.29, 1.82) is 0 Å². The van der Waals surface area contributed by atoms with Gasteiger partial charge in [-0.1, -0.05) is 13.8 Å². The van der Waals surface area contributed by atoms with Gasteiger partial charge in [-0.25, -0.2) is 0 Å². The van der Waals surface area contributed by atoms with Gasteiger partial charge in [0, 0.05) is 48.1 Å². The molecule has 0 spiro atoms. The highest BCUT2D eigenvalue weighted by molar-refractivity contribution is 5.79. The van der Waals surface area contributed by atoms with Gasteiger partial charge in [0.05, 0.1) is 13.0 Å². The highest BCUT2D eigenvalue weighted by Gasteiger charge is 2.38. The molecule has 1 saturated carbocycles. The summed E-state index contributed by atoms with van der Waals surface area (Å²) in [6.45, 7) is 6.31. The van der Waals surface area contributed by atoms with Crippen LogP contribution >= 0.6 is 0 Å². The van der Waals surface area contributed by atoms with Gasteiger partial charge >= 0.3 is 6.36 Å². The van der Waals surface area contributed by atoms with Gasteiger partial charge in [0.15, 0.2) is 5.75 Å². The second-order valence-corrected chi connectivity index (χ2v) is 8.93. The van der Waals surface area contributed by atoms with Gasteiger partial charge in [0.2, 0.25) is 11.6 Å². The summed E-state index contributed by atoms with van der Waals surface area (Å²) in [5, 5.41) is 13.7. The summed E-state index contributed by atoms with van der Waals surface area (Å²) in [4.78, 5) is 14.8. The summed E-state index contributed by atoms with van der Waals surface area (Å²) in [6, 6.07) is 1.88. The molecule has 33 heavy (non-hydrogen) atoms. The van der Waals surface area contributed by atoms with Gasteiger partial charge in [-0.3, -0.25) is 10.0 Å². The number of fused-ring (bicyclic) bond motifs is 1. The number of pyridine rings is 1. The molecule has 0 bridgehead atoms. The number of amides is 1. The fourth-order valence-electron chi connectivity index (χ4n) is 4.78. The molecule has 0 radical (unpaired) electrons. The first-order valence-electron chi connectivity index (χ1n) is 11.8. The zero-order valence-electron chi connectivity index (χ0n) is 19.4. The number of nitrogens with zero attached hydrogens (tertiary/aromatic N) is 2. The summed E-state index contributed by atoms with van der Waals surface area (Å²) < 4.78 is 48.0. The van der Waals surface area contributed by atoms with Gasteiger partial charge in [0.1, 0.15) is 0 Å². The maximum Gasteiger partial charge on any atom is 0.573 e. The smallest absolute Gasteiger partial charge is 0.399 e. The molecule has 3 unspecified atom stereocenters. The van der Waals surface area contributed by atoms with Crippen LogP contribution in [0.1, 0.15) is 63.6 Å². The Morgan fingerprint density at radius 3 is 2.82 bits per heavy atom. The van der Waals surface area contributed by atoms with Crippen molar-refractivity contribution < 1.29 is 37.4 Å². The van der Waals surface area contributed by atoms with Gasteiger partial charge in [-0.2, -0.15) is 0 Å². The predicted molar refractivity (Wildman–Crippen MR) is 114 cm³/mol. The van der Waals surface area contributed by atoms with Crippen molar-refractivity contribution in [1.82, 2.24) is 10.2 Å². The lowest BCUT2D eigenvalue weighted by Gasteiger charge is -2.29. The van der Waals surface area contributed by atoms with Gasteiger partial charge in [-0.05, 0) is 44.6 Å². The highest BCUT2D eigenvalue weighted by Crippen LogP contribution is 2.31. The van der Waals surface area contributed by atoms with Crippen molar-refractivity contribution in [3.8, 4) is 5.75 Å². The average Bonchev–Trinajstić information content (AvgIpc) is 3.22. The van der Waals surface area contributed by atoms with Crippen molar-refractivity contribution in [3.63, 3.8) is 0 Å². The van der Waals surface area contributed by atoms with Crippen LogP contribution < -0.4 is 14.8 Å². The Balaban J connectivity index is 1.55. The van der Waals surface area contributed by atoms with Crippen LogP contribution in [0.3, 0.4) is 0 Å².